The van der Waals surface area contributed by atoms with Crippen molar-refractivity contribution >= 4 is 62.8 Å². The van der Waals surface area contributed by atoms with Crippen molar-refractivity contribution in [3.05, 3.63) is 258 Å². The molecule has 0 spiro atoms. The Kier molecular flexibility index (Phi) is 10.8. The van der Waals surface area contributed by atoms with Gasteiger partial charge in [0.1, 0.15) is 0 Å². The maximum Gasteiger partial charge on any atom is 0.0534 e. The number of rotatable bonds is 11. The summed E-state index contributed by atoms with van der Waals surface area (Å²) in [4.78, 5) is 2.39. The van der Waals surface area contributed by atoms with E-state index in [-0.39, 0.29) is 0 Å². The van der Waals surface area contributed by atoms with Crippen LogP contribution in [0.1, 0.15) is 33.4 Å². The minimum atomic E-state index is 1.11. The van der Waals surface area contributed by atoms with Gasteiger partial charge in [0.2, 0.25) is 0 Å². The number of nitrogens with zero attached hydrogens (tertiary/aromatic N) is 1. The van der Waals surface area contributed by atoms with Crippen molar-refractivity contribution in [3.8, 4) is 0 Å². The first-order chi connectivity index (χ1) is 27.3. The van der Waals surface area contributed by atoms with E-state index in [9.17, 15) is 0 Å². The van der Waals surface area contributed by atoms with Crippen molar-refractivity contribution < 1.29 is 0 Å². The fourth-order valence-corrected chi connectivity index (χ4v) is 7.05. The molecule has 0 amide bonds. The van der Waals surface area contributed by atoms with Crippen molar-refractivity contribution in [2.24, 2.45) is 0 Å². The number of benzene rings is 8. The van der Waals surface area contributed by atoms with Gasteiger partial charge in [0.05, 0.1) is 11.4 Å². The maximum atomic E-state index is 2.39. The van der Waals surface area contributed by atoms with Gasteiger partial charge in [-0.1, -0.05) is 231 Å². The van der Waals surface area contributed by atoms with Crippen LogP contribution in [0.3, 0.4) is 0 Å². The number of allylic oxidation sites excluding steroid dienone is 4. The summed E-state index contributed by atoms with van der Waals surface area (Å²) >= 11 is 0. The second-order valence-electron chi connectivity index (χ2n) is 13.3. The Bertz CT molecular complexity index is 2480. The second kappa shape index (κ2) is 17.1. The molecule has 0 unspecified atom stereocenters. The Morgan fingerprint density at radius 3 is 1.07 bits per heavy atom. The van der Waals surface area contributed by atoms with Crippen LogP contribution in [0.15, 0.2) is 225 Å². The van der Waals surface area contributed by atoms with Crippen molar-refractivity contribution in [1.29, 1.82) is 0 Å². The van der Waals surface area contributed by atoms with Crippen molar-refractivity contribution in [2.75, 3.05) is 4.90 Å². The SMILES string of the molecule is C(=C(c1ccccc1)c1ccccc1)N(c1ccc(/C=C/C=C/c2ccccc2)c2ccccc12)c1ccc(/C=C/C=C/c2ccccc2)c2ccccc12. The Morgan fingerprint density at radius 2 is 0.655 bits per heavy atom. The smallest absolute Gasteiger partial charge is 0.0534 e. The normalized spacial score (nSPS) is 11.7. The summed E-state index contributed by atoms with van der Waals surface area (Å²) in [5, 5.41) is 4.73. The minimum Gasteiger partial charge on any atom is -0.315 e. The zero-order valence-corrected chi connectivity index (χ0v) is 30.6. The number of hydrogen-bond donors (Lipinski definition) is 0. The third-order valence-corrected chi connectivity index (χ3v) is 9.77. The predicted molar refractivity (Wildman–Crippen MR) is 239 cm³/mol. The number of fused-ring (bicyclic) bond motifs is 2. The lowest BCUT2D eigenvalue weighted by atomic mass is 9.96. The summed E-state index contributed by atoms with van der Waals surface area (Å²) < 4.78 is 0. The van der Waals surface area contributed by atoms with Crippen LogP contribution in [0.25, 0.3) is 51.4 Å². The van der Waals surface area contributed by atoms with Gasteiger partial charge >= 0.3 is 0 Å². The first kappa shape index (κ1) is 34.8. The molecule has 1 nitrogen and oxygen atoms in total. The molecule has 0 bridgehead atoms. The second-order valence-corrected chi connectivity index (χ2v) is 13.3. The van der Waals surface area contributed by atoms with Crippen LogP contribution in [0, 0.1) is 0 Å². The van der Waals surface area contributed by atoms with E-state index in [2.05, 4.69) is 242 Å². The summed E-state index contributed by atoms with van der Waals surface area (Å²) in [6, 6.07) is 68.7. The topological polar surface area (TPSA) is 3.24 Å². The zero-order chi connectivity index (χ0) is 37.1. The molecule has 0 N–H and O–H groups in total. The average molecular weight is 704 g/mol. The van der Waals surface area contributed by atoms with Crippen LogP contribution in [-0.2, 0) is 0 Å². The third kappa shape index (κ3) is 8.23. The van der Waals surface area contributed by atoms with E-state index in [1.165, 1.54) is 43.8 Å². The van der Waals surface area contributed by atoms with Gasteiger partial charge in [-0.3, -0.25) is 0 Å². The van der Waals surface area contributed by atoms with Crippen LogP contribution in [-0.4, -0.2) is 0 Å². The molecule has 0 fully saturated rings. The predicted octanol–water partition coefficient (Wildman–Crippen LogP) is 14.7. The van der Waals surface area contributed by atoms with Gasteiger partial charge in [0, 0.05) is 22.5 Å². The van der Waals surface area contributed by atoms with Crippen molar-refractivity contribution in [1.82, 2.24) is 0 Å². The van der Waals surface area contributed by atoms with Crippen LogP contribution < -0.4 is 4.90 Å². The van der Waals surface area contributed by atoms with Gasteiger partial charge in [0.15, 0.2) is 0 Å². The van der Waals surface area contributed by atoms with Crippen LogP contribution in [0.5, 0.6) is 0 Å². The van der Waals surface area contributed by atoms with Crippen molar-refractivity contribution in [3.63, 3.8) is 0 Å². The molecule has 0 saturated heterocycles. The lowest BCUT2D eigenvalue weighted by Gasteiger charge is -2.27. The molecule has 0 aliphatic carbocycles. The van der Waals surface area contributed by atoms with Gasteiger partial charge in [-0.25, -0.2) is 0 Å². The van der Waals surface area contributed by atoms with Gasteiger partial charge in [-0.2, -0.15) is 0 Å². The Morgan fingerprint density at radius 1 is 0.309 bits per heavy atom. The van der Waals surface area contributed by atoms with Gasteiger partial charge in [0.25, 0.3) is 0 Å². The van der Waals surface area contributed by atoms with Gasteiger partial charge in [-0.15, -0.1) is 0 Å². The fraction of sp³-hybridized carbons (Fsp3) is 0. The lowest BCUT2D eigenvalue weighted by molar-refractivity contribution is 1.31. The summed E-state index contributed by atoms with van der Waals surface area (Å²) in [6.07, 6.45) is 19.5. The molecule has 55 heavy (non-hydrogen) atoms. The fourth-order valence-electron chi connectivity index (χ4n) is 7.05. The molecule has 262 valence electrons. The van der Waals surface area contributed by atoms with Crippen LogP contribution >= 0.6 is 0 Å². The first-order valence-electron chi connectivity index (χ1n) is 18.8. The van der Waals surface area contributed by atoms with E-state index < -0.39 is 0 Å². The van der Waals surface area contributed by atoms with Crippen molar-refractivity contribution in [2.45, 2.75) is 0 Å². The third-order valence-electron chi connectivity index (χ3n) is 9.77. The summed E-state index contributed by atoms with van der Waals surface area (Å²) in [6.45, 7) is 0. The van der Waals surface area contributed by atoms with E-state index in [1.54, 1.807) is 0 Å². The standard InChI is InChI=1S/C54H41N/c1-5-21-42(22-6-1)25-13-15-31-46-37-39-53(50-35-19-17-33-48(46)50)55(41-52(44-27-9-3-10-28-44)45-29-11-4-12-30-45)54-40-38-47(49-34-18-20-36-51(49)54)32-16-14-26-43-23-7-2-8-24-43/h1-41H/b25-13+,26-14+,31-15+,32-16+. The molecule has 0 saturated carbocycles. The van der Waals surface area contributed by atoms with Gasteiger partial charge in [-0.05, 0) is 56.3 Å². The van der Waals surface area contributed by atoms with E-state index in [0.29, 0.717) is 0 Å². The Hall–Kier alpha value is -7.22. The minimum absolute atomic E-state index is 1.11. The molecular formula is C54H41N. The molecule has 0 radical (unpaired) electrons. The molecule has 0 heterocycles. The average Bonchev–Trinajstić information content (AvgIpc) is 3.26. The van der Waals surface area contributed by atoms with Gasteiger partial charge < -0.3 is 4.90 Å². The van der Waals surface area contributed by atoms with Crippen LogP contribution in [0.2, 0.25) is 0 Å². The van der Waals surface area contributed by atoms with E-state index in [1.807, 2.05) is 12.1 Å². The largest absolute Gasteiger partial charge is 0.315 e. The quantitative estimate of drug-likeness (QED) is 0.121. The molecule has 8 rings (SSSR count). The van der Waals surface area contributed by atoms with Crippen LogP contribution in [0.4, 0.5) is 11.4 Å². The first-order valence-corrected chi connectivity index (χ1v) is 18.8. The molecule has 0 aromatic heterocycles. The Labute approximate surface area is 324 Å². The highest BCUT2D eigenvalue weighted by atomic mass is 15.1. The highest BCUT2D eigenvalue weighted by Crippen LogP contribution is 2.41. The molecule has 1 heteroatoms. The summed E-state index contributed by atoms with van der Waals surface area (Å²) in [7, 11) is 0. The molecular weight excluding hydrogens is 663 g/mol. The van der Waals surface area contributed by atoms with E-state index >= 15 is 0 Å². The molecule has 0 aliphatic heterocycles. The van der Waals surface area contributed by atoms with E-state index in [0.717, 1.165) is 28.1 Å². The summed E-state index contributed by atoms with van der Waals surface area (Å²) in [5.74, 6) is 0. The molecule has 0 aliphatic rings. The molecule has 8 aromatic rings. The highest BCUT2D eigenvalue weighted by Gasteiger charge is 2.18. The monoisotopic (exact) mass is 703 g/mol. The van der Waals surface area contributed by atoms with E-state index in [4.69, 9.17) is 0 Å². The zero-order valence-electron chi connectivity index (χ0n) is 30.6. The number of hydrogen-bond acceptors (Lipinski definition) is 1. The highest BCUT2D eigenvalue weighted by molar-refractivity contribution is 6.07. The summed E-state index contributed by atoms with van der Waals surface area (Å²) in [5.41, 5.74) is 10.4. The number of anilines is 2. The molecule has 8 aromatic carbocycles. The lowest BCUT2D eigenvalue weighted by Crippen LogP contribution is -2.12. The Balaban J connectivity index is 1.28. The maximum absolute atomic E-state index is 2.39. The molecule has 0 atom stereocenters.